The van der Waals surface area contributed by atoms with E-state index >= 15 is 8.78 Å². The summed E-state index contributed by atoms with van der Waals surface area (Å²) in [5, 5.41) is 12.1. The second-order valence-electron chi connectivity index (χ2n) is 21.9. The quantitative estimate of drug-likeness (QED) is 0.0832. The molecular weight excluding hydrogens is 1020 g/mol. The number of nitrogens with two attached hydrogens (primary N) is 1. The number of hydrogen-bond acceptors (Lipinski definition) is 15. The normalized spacial score (nSPS) is 23.7. The average molecular weight is 1080 g/mol. The predicted octanol–water partition coefficient (Wildman–Crippen LogP) is 8.44. The average Bonchev–Trinajstić information content (AvgIpc) is 4.18. The number of nitrogens with zero attached hydrogens (tertiary/aromatic N) is 8. The number of aromatic nitrogens is 6. The van der Waals surface area contributed by atoms with Gasteiger partial charge in [-0.15, -0.1) is 6.42 Å². The number of aliphatic hydroxyl groups is 1. The van der Waals surface area contributed by atoms with E-state index in [1.165, 1.54) is 25.3 Å². The Hall–Kier alpha value is -6.30. The Bertz CT molecular complexity index is 3320. The van der Waals surface area contributed by atoms with E-state index in [1.807, 2.05) is 30.3 Å². The van der Waals surface area contributed by atoms with Gasteiger partial charge < -0.3 is 44.4 Å². The Kier molecular flexibility index (Phi) is 15.3. The molecule has 0 spiro atoms. The molecule has 0 bridgehead atoms. The summed E-state index contributed by atoms with van der Waals surface area (Å²) in [6, 6.07) is 18.2. The largest absolute Gasteiger partial charge is 0.492 e. The molecule has 0 amide bonds. The molecule has 7 aromatic rings. The topological polar surface area (TPSA) is 182 Å². The van der Waals surface area contributed by atoms with Crippen LogP contribution < -0.4 is 24.8 Å². The number of nitrogens with one attached hydrogen (secondary N) is 1. The minimum atomic E-state index is -0.659. The first-order chi connectivity index (χ1) is 38.0. The zero-order valence-corrected chi connectivity index (χ0v) is 44.5. The fourth-order valence-electron chi connectivity index (χ4n) is 12.3. The van der Waals surface area contributed by atoms with Gasteiger partial charge in [-0.05, 0) is 131 Å². The smallest absolute Gasteiger partial charge is 0.319 e. The van der Waals surface area contributed by atoms with E-state index in [4.69, 9.17) is 57.4 Å². The minimum Gasteiger partial charge on any atom is -0.492 e. The van der Waals surface area contributed by atoms with Crippen LogP contribution in [0.4, 0.5) is 14.6 Å². The zero-order chi connectivity index (χ0) is 53.4. The Balaban J connectivity index is 0.606. The summed E-state index contributed by atoms with van der Waals surface area (Å²) >= 11 is 6.71. The molecule has 0 saturated carbocycles. The summed E-state index contributed by atoms with van der Waals surface area (Å²) in [6.07, 6.45) is 13.4. The van der Waals surface area contributed by atoms with Crippen LogP contribution in [0.3, 0.4) is 0 Å². The van der Waals surface area contributed by atoms with Gasteiger partial charge in [0, 0.05) is 54.9 Å². The molecule has 0 radical (unpaired) electrons. The van der Waals surface area contributed by atoms with Crippen molar-refractivity contribution in [3.8, 4) is 52.6 Å². The van der Waals surface area contributed by atoms with Crippen molar-refractivity contribution < 1.29 is 37.6 Å². The van der Waals surface area contributed by atoms with Crippen molar-refractivity contribution in [2.75, 3.05) is 83.7 Å². The fourth-order valence-corrected chi connectivity index (χ4v) is 12.5. The maximum Gasteiger partial charge on any atom is 0.319 e. The van der Waals surface area contributed by atoms with Crippen LogP contribution >= 0.6 is 11.6 Å². The van der Waals surface area contributed by atoms with Gasteiger partial charge in [-0.2, -0.15) is 15.0 Å². The van der Waals surface area contributed by atoms with E-state index in [1.54, 1.807) is 30.5 Å². The molecule has 0 unspecified atom stereocenters. The molecule has 3 aromatic carbocycles. The SMILES string of the molecule is C#Cc1c(F)ccc2cccc(-c3ncc4c(N5C[C@@H](C)CC[C@@H](N)C5)nc(OCCN5CCC(CC6CCN(CCOc7ccc(-c8nc9nc(O[C@@H]%10CO[C@H]%11[C@@H]%10OC[C@H]%11O)[nH]c9cc8Cl)cc7)CC6)CC5)nc4c3F)c12. The molecule has 408 valence electrons. The predicted molar refractivity (Wildman–Crippen MR) is 295 cm³/mol. The standard InChI is InChI=1S/C59H65ClF2N10O6/c1-3-41-45(61)14-10-37-5-4-6-42(49(37)41)52-50(62)53-43(29-64-52)57(72-30-34(2)7-11-39(63)31-72)69-58(67-53)75-26-24-71-21-17-36(18-22-71)27-35-15-19-70(20-16-35)23-25-74-40-12-8-38(9-13-40)51-44(60)28-46-56(66-51)68-59(65-46)78-48-33-77-54-47(73)32-76-55(48)54/h1,4-6,8-10,12-14,28-29,34-36,39,47-48,54-55,73H,7,11,15-27,30-33,63H2,2H3,(H,65,66,68)/t34-,39+,47+,48+,54+,55+/m0/s1. The van der Waals surface area contributed by atoms with Crippen LogP contribution in [-0.4, -0.2) is 154 Å². The molecule has 5 aliphatic rings. The summed E-state index contributed by atoms with van der Waals surface area (Å²) in [5.74, 6) is 4.35. The van der Waals surface area contributed by atoms with E-state index in [2.05, 4.69) is 47.5 Å². The second-order valence-corrected chi connectivity index (χ2v) is 22.3. The van der Waals surface area contributed by atoms with Crippen LogP contribution in [0.2, 0.25) is 5.02 Å². The molecule has 9 heterocycles. The number of pyridine rings is 2. The van der Waals surface area contributed by atoms with Gasteiger partial charge in [0.05, 0.1) is 40.4 Å². The van der Waals surface area contributed by atoms with Gasteiger partial charge >= 0.3 is 6.01 Å². The number of halogens is 3. The van der Waals surface area contributed by atoms with Crippen molar-refractivity contribution in [1.82, 2.24) is 39.7 Å². The molecule has 4 N–H and O–H groups in total. The lowest BCUT2D eigenvalue weighted by atomic mass is 9.83. The van der Waals surface area contributed by atoms with E-state index in [-0.39, 0.29) is 41.5 Å². The van der Waals surface area contributed by atoms with Crippen molar-refractivity contribution in [3.05, 3.63) is 89.1 Å². The van der Waals surface area contributed by atoms with Gasteiger partial charge in [0.15, 0.2) is 17.6 Å². The molecule has 6 atom stereocenters. The molecular formula is C59H65ClF2N10O6. The molecule has 16 nitrogen and oxygen atoms in total. The Morgan fingerprint density at radius 3 is 2.35 bits per heavy atom. The highest BCUT2D eigenvalue weighted by Crippen LogP contribution is 2.39. The minimum absolute atomic E-state index is 0.0251. The first-order valence-electron chi connectivity index (χ1n) is 27.5. The number of ether oxygens (including phenoxy) is 5. The third-order valence-corrected chi connectivity index (χ3v) is 16.8. The summed E-state index contributed by atoms with van der Waals surface area (Å²) in [5.41, 5.74) is 9.69. The van der Waals surface area contributed by atoms with Crippen LogP contribution in [0, 0.1) is 41.7 Å². The number of fused-ring (bicyclic) bond motifs is 4. The lowest BCUT2D eigenvalue weighted by Gasteiger charge is -2.36. The molecule has 5 fully saturated rings. The monoisotopic (exact) mass is 1080 g/mol. The number of H-pyrrole nitrogens is 1. The molecule has 78 heavy (non-hydrogen) atoms. The molecule has 4 aromatic heterocycles. The van der Waals surface area contributed by atoms with Gasteiger partial charge in [-0.1, -0.05) is 48.7 Å². The molecule has 12 rings (SSSR count). The van der Waals surface area contributed by atoms with Crippen molar-refractivity contribution >= 4 is 50.3 Å². The number of piperidine rings is 2. The number of imidazole rings is 1. The maximum absolute atomic E-state index is 17.0. The third-order valence-electron chi connectivity index (χ3n) is 16.5. The molecule has 19 heteroatoms. The lowest BCUT2D eigenvalue weighted by Crippen LogP contribution is -2.39. The number of aliphatic hydroxyl groups excluding tert-OH is 1. The Labute approximate surface area is 456 Å². The second kappa shape index (κ2) is 22.8. The summed E-state index contributed by atoms with van der Waals surface area (Å²) in [7, 11) is 0. The van der Waals surface area contributed by atoms with E-state index in [0.29, 0.717) is 107 Å². The number of anilines is 1. The zero-order valence-electron chi connectivity index (χ0n) is 43.8. The fraction of sp³-hybridized carbons (Fsp3) is 0.475. The van der Waals surface area contributed by atoms with Crippen molar-refractivity contribution in [2.24, 2.45) is 23.5 Å². The summed E-state index contributed by atoms with van der Waals surface area (Å²) in [4.78, 5) is 33.7. The summed E-state index contributed by atoms with van der Waals surface area (Å²) in [6.45, 7) is 10.6. The van der Waals surface area contributed by atoms with Crippen LogP contribution in [0.5, 0.6) is 17.8 Å². The van der Waals surface area contributed by atoms with Gasteiger partial charge in [0.1, 0.15) is 60.1 Å². The number of hydrogen-bond donors (Lipinski definition) is 3. The van der Waals surface area contributed by atoms with Crippen molar-refractivity contribution in [3.63, 3.8) is 0 Å². The highest BCUT2D eigenvalue weighted by Gasteiger charge is 2.49. The number of terminal acetylenes is 1. The van der Waals surface area contributed by atoms with E-state index < -0.39 is 29.9 Å². The van der Waals surface area contributed by atoms with Gasteiger partial charge in [0.2, 0.25) is 0 Å². The number of benzene rings is 3. The highest BCUT2D eigenvalue weighted by atomic mass is 35.5. The van der Waals surface area contributed by atoms with Crippen molar-refractivity contribution in [2.45, 2.75) is 82.3 Å². The Morgan fingerprint density at radius 2 is 1.59 bits per heavy atom. The van der Waals surface area contributed by atoms with Crippen molar-refractivity contribution in [1.29, 1.82) is 0 Å². The summed E-state index contributed by atoms with van der Waals surface area (Å²) < 4.78 is 62.0. The first kappa shape index (κ1) is 52.4. The number of rotatable bonds is 15. The van der Waals surface area contributed by atoms with E-state index in [0.717, 1.165) is 75.6 Å². The molecule has 0 aliphatic carbocycles. The molecule has 5 saturated heterocycles. The maximum atomic E-state index is 17.0. The van der Waals surface area contributed by atoms with Crippen LogP contribution in [-0.2, 0) is 9.47 Å². The van der Waals surface area contributed by atoms with Crippen LogP contribution in [0.1, 0.15) is 57.4 Å². The van der Waals surface area contributed by atoms with Gasteiger partial charge in [-0.3, -0.25) is 14.8 Å². The first-order valence-corrected chi connectivity index (χ1v) is 27.9. The van der Waals surface area contributed by atoms with E-state index in [9.17, 15) is 5.11 Å². The third kappa shape index (κ3) is 11.0. The highest BCUT2D eigenvalue weighted by molar-refractivity contribution is 6.33. The van der Waals surface area contributed by atoms with Crippen LogP contribution in [0.15, 0.2) is 66.9 Å². The van der Waals surface area contributed by atoms with Crippen LogP contribution in [0.25, 0.3) is 55.4 Å². The lowest BCUT2D eigenvalue weighted by molar-refractivity contribution is 0.00706. The molecule has 5 aliphatic heterocycles. The van der Waals surface area contributed by atoms with Gasteiger partial charge in [0.25, 0.3) is 6.01 Å². The Morgan fingerprint density at radius 1 is 0.846 bits per heavy atom. The number of likely N-dealkylation sites (tertiary alicyclic amines) is 2. The van der Waals surface area contributed by atoms with Gasteiger partial charge in [-0.25, -0.2) is 13.8 Å². The number of aromatic amines is 1.